The van der Waals surface area contributed by atoms with Gasteiger partial charge in [-0.15, -0.1) is 11.3 Å². The maximum atomic E-state index is 5.63. The maximum Gasteiger partial charge on any atom is 0.184 e. The number of nitrogens with one attached hydrogen (secondary N) is 1. The second-order valence-electron chi connectivity index (χ2n) is 4.56. The molecule has 0 saturated carbocycles. The molecule has 6 heteroatoms. The summed E-state index contributed by atoms with van der Waals surface area (Å²) >= 11 is 1.54. The van der Waals surface area contributed by atoms with E-state index in [1.807, 2.05) is 43.5 Å². The van der Waals surface area contributed by atoms with E-state index in [1.54, 1.807) is 11.3 Å². The van der Waals surface area contributed by atoms with Gasteiger partial charge in [-0.2, -0.15) is 5.10 Å². The maximum absolute atomic E-state index is 5.63. The van der Waals surface area contributed by atoms with Crippen molar-refractivity contribution in [3.8, 4) is 27.8 Å². The Morgan fingerprint density at radius 1 is 1.20 bits per heavy atom. The normalized spacial score (nSPS) is 10.9. The van der Waals surface area contributed by atoms with Gasteiger partial charge in [0.2, 0.25) is 0 Å². The van der Waals surface area contributed by atoms with Crippen molar-refractivity contribution in [3.63, 3.8) is 0 Å². The van der Waals surface area contributed by atoms with Crippen LogP contribution in [0.15, 0.2) is 36.0 Å². The molecule has 0 saturated heterocycles. The van der Waals surface area contributed by atoms with Gasteiger partial charge in [-0.25, -0.2) is 9.97 Å². The lowest BCUT2D eigenvalue weighted by Crippen LogP contribution is -2.05. The molecule has 1 N–H and O–H groups in total. The fraction of sp³-hybridized carbons (Fsp3) is 0.214. The molecule has 0 fully saturated rings. The van der Waals surface area contributed by atoms with Crippen LogP contribution in [0.4, 0.5) is 0 Å². The van der Waals surface area contributed by atoms with E-state index < -0.39 is 0 Å². The molecule has 2 aromatic heterocycles. The molecule has 20 heavy (non-hydrogen) atoms. The van der Waals surface area contributed by atoms with E-state index in [2.05, 4.69) is 20.2 Å². The summed E-state index contributed by atoms with van der Waals surface area (Å²) in [5.41, 5.74) is 1.99. The third kappa shape index (κ3) is 2.70. The zero-order valence-corrected chi connectivity index (χ0v) is 12.0. The van der Waals surface area contributed by atoms with Crippen molar-refractivity contribution in [1.82, 2.24) is 20.2 Å². The number of hydrogen-bond donors (Lipinski definition) is 1. The Kier molecular flexibility index (Phi) is 3.47. The van der Waals surface area contributed by atoms with Crippen molar-refractivity contribution >= 4 is 11.3 Å². The molecule has 0 spiro atoms. The van der Waals surface area contributed by atoms with Gasteiger partial charge in [0.25, 0.3) is 0 Å². The van der Waals surface area contributed by atoms with Crippen LogP contribution in [0.25, 0.3) is 22.1 Å². The van der Waals surface area contributed by atoms with Crippen LogP contribution >= 0.6 is 11.3 Å². The predicted octanol–water partition coefficient (Wildman–Crippen LogP) is 3.38. The molecule has 5 nitrogen and oxygen atoms in total. The first kappa shape index (κ1) is 12.8. The third-order valence-electron chi connectivity index (χ3n) is 2.64. The largest absolute Gasteiger partial charge is 0.491 e. The number of hydrogen-bond acceptors (Lipinski definition) is 5. The van der Waals surface area contributed by atoms with Crippen molar-refractivity contribution in [3.05, 3.63) is 36.0 Å². The molecule has 102 valence electrons. The summed E-state index contributed by atoms with van der Waals surface area (Å²) in [4.78, 5) is 8.66. The molecule has 3 rings (SSSR count). The van der Waals surface area contributed by atoms with Crippen LogP contribution in [0.5, 0.6) is 5.75 Å². The summed E-state index contributed by atoms with van der Waals surface area (Å²) in [6.07, 6.45) is 1.66. The van der Waals surface area contributed by atoms with Gasteiger partial charge in [0.15, 0.2) is 10.8 Å². The second-order valence-corrected chi connectivity index (χ2v) is 5.42. The second kappa shape index (κ2) is 5.42. The zero-order chi connectivity index (χ0) is 13.9. The van der Waals surface area contributed by atoms with Gasteiger partial charge >= 0.3 is 0 Å². The topological polar surface area (TPSA) is 63.7 Å². The highest BCUT2D eigenvalue weighted by Crippen LogP contribution is 2.27. The predicted molar refractivity (Wildman–Crippen MR) is 78.7 cm³/mol. The Balaban J connectivity index is 1.83. The molecule has 1 aromatic carbocycles. The Morgan fingerprint density at radius 3 is 2.65 bits per heavy atom. The van der Waals surface area contributed by atoms with Gasteiger partial charge in [-0.3, -0.25) is 5.10 Å². The molecule has 0 amide bonds. The van der Waals surface area contributed by atoms with Crippen LogP contribution in [-0.2, 0) is 0 Å². The highest BCUT2D eigenvalue weighted by Gasteiger charge is 2.09. The highest BCUT2D eigenvalue weighted by atomic mass is 32.1. The molecular weight excluding hydrogens is 272 g/mol. The highest BCUT2D eigenvalue weighted by molar-refractivity contribution is 7.13. The number of rotatable bonds is 4. The standard InChI is InChI=1S/C14H14N4OS/c1-9(2)19-11-5-3-10(4-6-11)12-7-20-14(17-12)13-15-8-16-18-13/h3-9H,1-2H3,(H,15,16,18). The van der Waals surface area contributed by atoms with Crippen LogP contribution in [0.3, 0.4) is 0 Å². The smallest absolute Gasteiger partial charge is 0.184 e. The zero-order valence-electron chi connectivity index (χ0n) is 11.2. The first-order chi connectivity index (χ1) is 9.72. The van der Waals surface area contributed by atoms with Gasteiger partial charge in [-0.05, 0) is 38.1 Å². The van der Waals surface area contributed by atoms with Gasteiger partial charge in [0.05, 0.1) is 11.8 Å². The van der Waals surface area contributed by atoms with Crippen molar-refractivity contribution in [2.24, 2.45) is 0 Å². The Hall–Kier alpha value is -2.21. The van der Waals surface area contributed by atoms with Gasteiger partial charge in [0, 0.05) is 10.9 Å². The number of ether oxygens (including phenoxy) is 1. The number of nitrogens with zero attached hydrogens (tertiary/aromatic N) is 3. The van der Waals surface area contributed by atoms with E-state index >= 15 is 0 Å². The monoisotopic (exact) mass is 286 g/mol. The van der Waals surface area contributed by atoms with Crippen molar-refractivity contribution in [2.75, 3.05) is 0 Å². The van der Waals surface area contributed by atoms with E-state index in [1.165, 1.54) is 6.33 Å². The Labute approximate surface area is 120 Å². The van der Waals surface area contributed by atoms with Gasteiger partial charge < -0.3 is 4.74 Å². The lowest BCUT2D eigenvalue weighted by molar-refractivity contribution is 0.242. The number of thiazole rings is 1. The Morgan fingerprint density at radius 2 is 2.00 bits per heavy atom. The lowest BCUT2D eigenvalue weighted by Gasteiger charge is -2.09. The first-order valence-corrected chi connectivity index (χ1v) is 7.18. The van der Waals surface area contributed by atoms with E-state index in [0.29, 0.717) is 5.82 Å². The van der Waals surface area contributed by atoms with Crippen molar-refractivity contribution < 1.29 is 4.74 Å². The Bertz CT molecular complexity index is 674. The summed E-state index contributed by atoms with van der Waals surface area (Å²) < 4.78 is 5.63. The van der Waals surface area contributed by atoms with E-state index in [9.17, 15) is 0 Å². The fourth-order valence-corrected chi connectivity index (χ4v) is 2.57. The number of aromatic amines is 1. The molecule has 3 aromatic rings. The quantitative estimate of drug-likeness (QED) is 0.798. The van der Waals surface area contributed by atoms with Crippen LogP contribution in [0.1, 0.15) is 13.8 Å². The third-order valence-corrected chi connectivity index (χ3v) is 3.49. The average Bonchev–Trinajstić information content (AvgIpc) is 3.10. The minimum atomic E-state index is 0.179. The average molecular weight is 286 g/mol. The lowest BCUT2D eigenvalue weighted by atomic mass is 10.2. The van der Waals surface area contributed by atoms with E-state index in [0.717, 1.165) is 22.0 Å². The van der Waals surface area contributed by atoms with Crippen molar-refractivity contribution in [1.29, 1.82) is 0 Å². The summed E-state index contributed by atoms with van der Waals surface area (Å²) in [6, 6.07) is 7.94. The fourth-order valence-electron chi connectivity index (χ4n) is 1.80. The molecule has 0 bridgehead atoms. The molecule has 0 unspecified atom stereocenters. The SMILES string of the molecule is CC(C)Oc1ccc(-c2csc(-c3ncn[nH]3)n2)cc1. The number of aromatic nitrogens is 4. The van der Waals surface area contributed by atoms with Crippen LogP contribution in [0.2, 0.25) is 0 Å². The number of benzene rings is 1. The first-order valence-electron chi connectivity index (χ1n) is 6.31. The molecule has 0 aliphatic carbocycles. The van der Waals surface area contributed by atoms with E-state index in [-0.39, 0.29) is 6.10 Å². The minimum Gasteiger partial charge on any atom is -0.491 e. The molecular formula is C14H14N4OS. The van der Waals surface area contributed by atoms with Crippen molar-refractivity contribution in [2.45, 2.75) is 20.0 Å². The van der Waals surface area contributed by atoms with Crippen LogP contribution < -0.4 is 4.74 Å². The van der Waals surface area contributed by atoms with Crippen LogP contribution in [-0.4, -0.2) is 26.3 Å². The summed E-state index contributed by atoms with van der Waals surface area (Å²) in [5, 5.41) is 9.49. The molecule has 0 aliphatic rings. The molecule has 0 aliphatic heterocycles. The molecule has 0 radical (unpaired) electrons. The molecule has 0 atom stereocenters. The van der Waals surface area contributed by atoms with Crippen LogP contribution in [0, 0.1) is 0 Å². The number of H-pyrrole nitrogens is 1. The van der Waals surface area contributed by atoms with Gasteiger partial charge in [-0.1, -0.05) is 0 Å². The summed E-state index contributed by atoms with van der Waals surface area (Å²) in [7, 11) is 0. The minimum absolute atomic E-state index is 0.179. The van der Waals surface area contributed by atoms with Gasteiger partial charge in [0.1, 0.15) is 12.1 Å². The van der Waals surface area contributed by atoms with E-state index in [4.69, 9.17) is 4.74 Å². The summed E-state index contributed by atoms with van der Waals surface area (Å²) in [6.45, 7) is 4.02. The summed E-state index contributed by atoms with van der Waals surface area (Å²) in [5.74, 6) is 1.57. The molecule has 2 heterocycles.